The maximum Gasteiger partial charge on any atom is 0.332 e. The molecule has 0 bridgehead atoms. The zero-order valence-electron chi connectivity index (χ0n) is 21.9. The quantitative estimate of drug-likeness (QED) is 0.507. The van der Waals surface area contributed by atoms with Gasteiger partial charge in [0.1, 0.15) is 12.4 Å². The average molecular weight is 523 g/mol. The number of nitrogens with zero attached hydrogens (tertiary/aromatic N) is 2. The molecule has 2 aromatic rings. The summed E-state index contributed by atoms with van der Waals surface area (Å²) in [4.78, 5) is 54.8. The normalized spacial score (nSPS) is 19.4. The lowest BCUT2D eigenvalue weighted by molar-refractivity contribution is -0.128. The lowest BCUT2D eigenvalue weighted by Crippen LogP contribution is -2.64. The Bertz CT molecular complexity index is 1170. The summed E-state index contributed by atoms with van der Waals surface area (Å²) in [6.07, 6.45) is 4.19. The summed E-state index contributed by atoms with van der Waals surface area (Å²) in [7, 11) is 0. The minimum atomic E-state index is -0.536. The van der Waals surface area contributed by atoms with E-state index in [2.05, 4.69) is 24.5 Å². The molecule has 2 aliphatic rings. The van der Waals surface area contributed by atoms with E-state index >= 15 is 0 Å². The number of carbonyl (C=O) groups excluding carboxylic acids is 4. The van der Waals surface area contributed by atoms with E-state index in [4.69, 9.17) is 0 Å². The highest BCUT2D eigenvalue weighted by Crippen LogP contribution is 2.36. The minimum Gasteiger partial charge on any atom is -0.356 e. The molecule has 1 saturated carbocycles. The van der Waals surface area contributed by atoms with Gasteiger partial charge in [0.05, 0.1) is 18.0 Å². The highest BCUT2D eigenvalue weighted by atomic mass is 19.1. The van der Waals surface area contributed by atoms with Crippen LogP contribution < -0.4 is 15.5 Å². The first-order chi connectivity index (χ1) is 18.2. The van der Waals surface area contributed by atoms with Crippen molar-refractivity contribution in [2.45, 2.75) is 58.4 Å². The Hall–Kier alpha value is -3.75. The largest absolute Gasteiger partial charge is 0.356 e. The molecule has 9 heteroatoms. The highest BCUT2D eigenvalue weighted by Gasteiger charge is 2.48. The van der Waals surface area contributed by atoms with Gasteiger partial charge in [-0.3, -0.25) is 14.4 Å². The first-order valence-corrected chi connectivity index (χ1v) is 13.3. The van der Waals surface area contributed by atoms with Crippen LogP contribution in [-0.4, -0.2) is 47.8 Å². The van der Waals surface area contributed by atoms with Crippen LogP contribution in [0.2, 0.25) is 0 Å². The lowest BCUT2D eigenvalue weighted by atomic mass is 9.81. The molecule has 2 unspecified atom stereocenters. The van der Waals surface area contributed by atoms with Crippen molar-refractivity contribution in [3.05, 3.63) is 59.9 Å². The van der Waals surface area contributed by atoms with Crippen molar-refractivity contribution in [2.75, 3.05) is 23.3 Å². The van der Waals surface area contributed by atoms with Crippen molar-refractivity contribution in [1.29, 1.82) is 0 Å². The molecule has 1 heterocycles. The van der Waals surface area contributed by atoms with Crippen molar-refractivity contribution >= 4 is 35.1 Å². The van der Waals surface area contributed by atoms with E-state index in [0.717, 1.165) is 29.7 Å². The fourth-order valence-electron chi connectivity index (χ4n) is 5.12. The molecule has 202 valence electrons. The topological polar surface area (TPSA) is 98.8 Å². The van der Waals surface area contributed by atoms with Gasteiger partial charge < -0.3 is 15.5 Å². The predicted molar refractivity (Wildman–Crippen MR) is 143 cm³/mol. The smallest absolute Gasteiger partial charge is 0.332 e. The fourth-order valence-corrected chi connectivity index (χ4v) is 5.12. The Morgan fingerprint density at radius 3 is 2.34 bits per heavy atom. The Balaban J connectivity index is 1.47. The molecule has 1 saturated heterocycles. The minimum absolute atomic E-state index is 0.0769. The first-order valence-electron chi connectivity index (χ1n) is 13.3. The first kappa shape index (κ1) is 27.3. The van der Waals surface area contributed by atoms with Gasteiger partial charge in [-0.05, 0) is 67.1 Å². The van der Waals surface area contributed by atoms with Crippen LogP contribution in [0.1, 0.15) is 51.5 Å². The van der Waals surface area contributed by atoms with Crippen LogP contribution in [0.5, 0.6) is 0 Å². The van der Waals surface area contributed by atoms with Gasteiger partial charge in [0.2, 0.25) is 17.7 Å². The van der Waals surface area contributed by atoms with Crippen molar-refractivity contribution < 1.29 is 23.6 Å². The number of hydrogen-bond acceptors (Lipinski definition) is 4. The SMILES string of the molecule is CC(C)CCNC(=O)Cc1ccc(N2C(=O)C3CCCCC3N(CC(=O)Nc3ccc(F)cc3)C2=O)cc1. The molecule has 2 fully saturated rings. The molecule has 2 atom stereocenters. The Kier molecular flexibility index (Phi) is 8.76. The second kappa shape index (κ2) is 12.2. The van der Waals surface area contributed by atoms with Crippen molar-refractivity contribution in [3.63, 3.8) is 0 Å². The molecule has 38 heavy (non-hydrogen) atoms. The molecule has 1 aliphatic heterocycles. The summed E-state index contributed by atoms with van der Waals surface area (Å²) in [6, 6.07) is 11.4. The highest BCUT2D eigenvalue weighted by molar-refractivity contribution is 6.17. The molecule has 0 aromatic heterocycles. The number of nitrogens with one attached hydrogen (secondary N) is 2. The fraction of sp³-hybridized carbons (Fsp3) is 0.448. The Morgan fingerprint density at radius 1 is 0.974 bits per heavy atom. The third kappa shape index (κ3) is 6.57. The molecule has 8 nitrogen and oxygen atoms in total. The third-order valence-electron chi connectivity index (χ3n) is 7.15. The van der Waals surface area contributed by atoms with Crippen LogP contribution in [0.25, 0.3) is 0 Å². The van der Waals surface area contributed by atoms with Gasteiger partial charge in [0.15, 0.2) is 0 Å². The second-order valence-electron chi connectivity index (χ2n) is 10.5. The van der Waals surface area contributed by atoms with E-state index < -0.39 is 17.8 Å². The van der Waals surface area contributed by atoms with Gasteiger partial charge >= 0.3 is 6.03 Å². The van der Waals surface area contributed by atoms with E-state index in [0.29, 0.717) is 36.7 Å². The van der Waals surface area contributed by atoms with Gasteiger partial charge in [-0.1, -0.05) is 38.8 Å². The summed E-state index contributed by atoms with van der Waals surface area (Å²) in [5.41, 5.74) is 1.62. The maximum atomic E-state index is 13.6. The molecule has 2 N–H and O–H groups in total. The van der Waals surface area contributed by atoms with Crippen molar-refractivity contribution in [3.8, 4) is 0 Å². The zero-order chi connectivity index (χ0) is 27.2. The van der Waals surface area contributed by atoms with Crippen LogP contribution in [0.4, 0.5) is 20.6 Å². The summed E-state index contributed by atoms with van der Waals surface area (Å²) in [5, 5.41) is 5.61. The van der Waals surface area contributed by atoms with Gasteiger partial charge in [-0.15, -0.1) is 0 Å². The molecule has 2 aromatic carbocycles. The number of carbonyl (C=O) groups is 4. The van der Waals surface area contributed by atoms with E-state index in [-0.39, 0.29) is 36.7 Å². The standard InChI is InChI=1S/C29H35FN4O4/c1-19(2)15-16-31-26(35)17-20-7-13-23(14-8-20)34-28(37)24-5-3-4-6-25(24)33(29(34)38)18-27(36)32-22-11-9-21(30)10-12-22/h7-14,19,24-25H,3-6,15-18H2,1-2H3,(H,31,35)(H,32,36). The average Bonchev–Trinajstić information content (AvgIpc) is 2.89. The van der Waals surface area contributed by atoms with Crippen LogP contribution >= 0.6 is 0 Å². The van der Waals surface area contributed by atoms with Crippen molar-refractivity contribution in [2.24, 2.45) is 11.8 Å². The van der Waals surface area contributed by atoms with Gasteiger partial charge in [-0.25, -0.2) is 14.1 Å². The van der Waals surface area contributed by atoms with E-state index in [9.17, 15) is 23.6 Å². The lowest BCUT2D eigenvalue weighted by Gasteiger charge is -2.46. The third-order valence-corrected chi connectivity index (χ3v) is 7.15. The van der Waals surface area contributed by atoms with Crippen LogP contribution in [0.3, 0.4) is 0 Å². The Labute approximate surface area is 222 Å². The molecule has 5 amide bonds. The summed E-state index contributed by atoms with van der Waals surface area (Å²) in [6.45, 7) is 4.61. The summed E-state index contributed by atoms with van der Waals surface area (Å²) in [5.74, 6) is -1.03. The maximum absolute atomic E-state index is 13.6. The number of anilines is 2. The van der Waals surface area contributed by atoms with E-state index in [1.54, 1.807) is 24.3 Å². The van der Waals surface area contributed by atoms with Crippen LogP contribution in [-0.2, 0) is 20.8 Å². The molecule has 0 spiro atoms. The molecule has 1 aliphatic carbocycles. The molecular weight excluding hydrogens is 487 g/mol. The zero-order valence-corrected chi connectivity index (χ0v) is 21.9. The number of benzene rings is 2. The number of imide groups is 1. The second-order valence-corrected chi connectivity index (χ2v) is 10.5. The molecule has 0 radical (unpaired) electrons. The summed E-state index contributed by atoms with van der Waals surface area (Å²) < 4.78 is 13.2. The van der Waals surface area contributed by atoms with Gasteiger partial charge in [-0.2, -0.15) is 0 Å². The van der Waals surface area contributed by atoms with Gasteiger partial charge in [0, 0.05) is 18.3 Å². The van der Waals surface area contributed by atoms with E-state index in [1.165, 1.54) is 29.2 Å². The molecule has 4 rings (SSSR count). The number of urea groups is 1. The predicted octanol–water partition coefficient (Wildman–Crippen LogP) is 4.50. The van der Waals surface area contributed by atoms with Crippen LogP contribution in [0.15, 0.2) is 48.5 Å². The molecular formula is C29H35FN4O4. The number of fused-ring (bicyclic) bond motifs is 1. The number of hydrogen-bond donors (Lipinski definition) is 2. The van der Waals surface area contributed by atoms with Crippen LogP contribution in [0, 0.1) is 17.7 Å². The Morgan fingerprint density at radius 2 is 1.66 bits per heavy atom. The number of halogens is 1. The van der Waals surface area contributed by atoms with Gasteiger partial charge in [0.25, 0.3) is 0 Å². The van der Waals surface area contributed by atoms with Crippen molar-refractivity contribution in [1.82, 2.24) is 10.2 Å². The number of rotatable bonds is 9. The number of amides is 5. The summed E-state index contributed by atoms with van der Waals surface area (Å²) >= 11 is 0. The van der Waals surface area contributed by atoms with E-state index in [1.807, 2.05) is 0 Å². The monoisotopic (exact) mass is 522 g/mol.